The Balaban J connectivity index is 0. The van der Waals surface area contributed by atoms with Gasteiger partial charge in [0.25, 0.3) is 0 Å². The summed E-state index contributed by atoms with van der Waals surface area (Å²) < 4.78 is 4.46. The highest BCUT2D eigenvalue weighted by molar-refractivity contribution is 14.0. The molecule has 0 unspecified atom stereocenters. The SMILES string of the molecule is COC(=O)CCN=C(N)NC(C)(C)C.I. The third kappa shape index (κ3) is 11.4. The number of nitrogens with zero attached hydrogens (tertiary/aromatic N) is 1. The van der Waals surface area contributed by atoms with Crippen LogP contribution in [0.2, 0.25) is 0 Å². The Morgan fingerprint density at radius 2 is 2.00 bits per heavy atom. The van der Waals surface area contributed by atoms with Gasteiger partial charge in [0.1, 0.15) is 0 Å². The summed E-state index contributed by atoms with van der Waals surface area (Å²) in [6.07, 6.45) is 0.253. The summed E-state index contributed by atoms with van der Waals surface area (Å²) in [7, 11) is 1.35. The van der Waals surface area contributed by atoms with Crippen molar-refractivity contribution in [1.82, 2.24) is 5.32 Å². The van der Waals surface area contributed by atoms with Crippen molar-refractivity contribution >= 4 is 35.9 Å². The average Bonchev–Trinajstić information content (AvgIpc) is 2.00. The number of aliphatic imine (C=N–C) groups is 1. The zero-order valence-electron chi connectivity index (χ0n) is 9.66. The summed E-state index contributed by atoms with van der Waals surface area (Å²) in [6.45, 7) is 6.29. The minimum absolute atomic E-state index is 0. The number of carbonyl (C=O) groups excluding carboxylic acids is 1. The van der Waals surface area contributed by atoms with Crippen LogP contribution in [0.5, 0.6) is 0 Å². The number of carbonyl (C=O) groups is 1. The largest absolute Gasteiger partial charge is 0.469 e. The maximum atomic E-state index is 10.7. The van der Waals surface area contributed by atoms with E-state index in [9.17, 15) is 4.79 Å². The highest BCUT2D eigenvalue weighted by Crippen LogP contribution is 1.97. The molecule has 6 heteroatoms. The van der Waals surface area contributed by atoms with Crippen LogP contribution in [0, 0.1) is 0 Å². The number of methoxy groups -OCH3 is 1. The Morgan fingerprint density at radius 3 is 2.40 bits per heavy atom. The van der Waals surface area contributed by atoms with E-state index in [1.165, 1.54) is 7.11 Å². The number of halogens is 1. The van der Waals surface area contributed by atoms with Crippen molar-refractivity contribution in [3.05, 3.63) is 0 Å². The molecule has 0 amide bonds. The molecule has 0 fully saturated rings. The first-order valence-electron chi connectivity index (χ1n) is 4.50. The molecule has 0 aliphatic rings. The summed E-state index contributed by atoms with van der Waals surface area (Å²) in [5, 5.41) is 2.99. The van der Waals surface area contributed by atoms with Crippen LogP contribution in [-0.2, 0) is 9.53 Å². The molecule has 0 spiro atoms. The van der Waals surface area contributed by atoms with Crippen molar-refractivity contribution in [3.63, 3.8) is 0 Å². The Labute approximate surface area is 108 Å². The third-order valence-electron chi connectivity index (χ3n) is 1.33. The Bertz CT molecular complexity index is 224. The molecule has 5 nitrogen and oxygen atoms in total. The lowest BCUT2D eigenvalue weighted by atomic mass is 10.1. The van der Waals surface area contributed by atoms with Crippen LogP contribution in [0.3, 0.4) is 0 Å². The van der Waals surface area contributed by atoms with Gasteiger partial charge < -0.3 is 15.8 Å². The summed E-state index contributed by atoms with van der Waals surface area (Å²) in [5.41, 5.74) is 5.46. The molecule has 0 saturated carbocycles. The second-order valence-electron chi connectivity index (χ2n) is 3.97. The number of nitrogens with two attached hydrogens (primary N) is 1. The highest BCUT2D eigenvalue weighted by Gasteiger charge is 2.09. The quantitative estimate of drug-likeness (QED) is 0.349. The molecule has 0 aliphatic heterocycles. The second kappa shape index (κ2) is 7.72. The summed E-state index contributed by atoms with van der Waals surface area (Å²) >= 11 is 0. The number of guanidine groups is 1. The Kier molecular flexibility index (Phi) is 8.69. The number of ether oxygens (including phenoxy) is 1. The maximum absolute atomic E-state index is 10.7. The van der Waals surface area contributed by atoms with Crippen LogP contribution in [-0.4, -0.2) is 31.1 Å². The zero-order valence-corrected chi connectivity index (χ0v) is 12.0. The second-order valence-corrected chi connectivity index (χ2v) is 3.97. The van der Waals surface area contributed by atoms with Gasteiger partial charge in [-0.25, -0.2) is 0 Å². The van der Waals surface area contributed by atoms with E-state index in [-0.39, 0.29) is 41.9 Å². The standard InChI is InChI=1S/C9H19N3O2.HI/c1-9(2,3)12-8(10)11-6-5-7(13)14-4;/h5-6H2,1-4H3,(H3,10,11,12);1H. The molecule has 0 radical (unpaired) electrons. The van der Waals surface area contributed by atoms with Crippen molar-refractivity contribution in [2.45, 2.75) is 32.7 Å². The molecule has 3 N–H and O–H groups in total. The van der Waals surface area contributed by atoms with Gasteiger partial charge in [0, 0.05) is 5.54 Å². The number of hydrogen-bond acceptors (Lipinski definition) is 3. The van der Waals surface area contributed by atoms with E-state index < -0.39 is 0 Å². The Hall–Kier alpha value is -0.530. The van der Waals surface area contributed by atoms with Gasteiger partial charge in [0.05, 0.1) is 20.1 Å². The molecule has 0 atom stereocenters. The van der Waals surface area contributed by atoms with Crippen molar-refractivity contribution in [2.75, 3.05) is 13.7 Å². The molecule has 0 rings (SSSR count). The fourth-order valence-corrected chi connectivity index (χ4v) is 0.793. The Morgan fingerprint density at radius 1 is 1.47 bits per heavy atom. The number of esters is 1. The van der Waals surface area contributed by atoms with Crippen LogP contribution >= 0.6 is 24.0 Å². The first-order chi connectivity index (χ1) is 6.35. The van der Waals surface area contributed by atoms with E-state index in [1.54, 1.807) is 0 Å². The maximum Gasteiger partial charge on any atom is 0.307 e. The predicted molar refractivity (Wildman–Crippen MR) is 71.4 cm³/mol. The summed E-state index contributed by atoms with van der Waals surface area (Å²) in [5.74, 6) is 0.0683. The van der Waals surface area contributed by atoms with Crippen LogP contribution in [0.25, 0.3) is 0 Å². The average molecular weight is 329 g/mol. The van der Waals surface area contributed by atoms with E-state index in [0.29, 0.717) is 12.5 Å². The molecule has 0 saturated heterocycles. The summed E-state index contributed by atoms with van der Waals surface area (Å²) in [4.78, 5) is 14.7. The molecule has 0 aromatic rings. The lowest BCUT2D eigenvalue weighted by Gasteiger charge is -2.20. The van der Waals surface area contributed by atoms with Gasteiger partial charge >= 0.3 is 5.97 Å². The smallest absolute Gasteiger partial charge is 0.307 e. The van der Waals surface area contributed by atoms with Gasteiger partial charge in [-0.15, -0.1) is 24.0 Å². The molecule has 0 aliphatic carbocycles. The van der Waals surface area contributed by atoms with Crippen LogP contribution in [0.1, 0.15) is 27.2 Å². The minimum atomic E-state index is -0.280. The van der Waals surface area contributed by atoms with E-state index in [1.807, 2.05) is 20.8 Å². The number of hydrogen-bond donors (Lipinski definition) is 2. The summed E-state index contributed by atoms with van der Waals surface area (Å²) in [6, 6.07) is 0. The molecule has 0 aromatic heterocycles. The predicted octanol–water partition coefficient (Wildman–Crippen LogP) is 0.870. The molecule has 0 aromatic carbocycles. The first kappa shape index (κ1) is 16.9. The van der Waals surface area contributed by atoms with E-state index >= 15 is 0 Å². The minimum Gasteiger partial charge on any atom is -0.469 e. The van der Waals surface area contributed by atoms with Gasteiger partial charge in [-0.05, 0) is 20.8 Å². The van der Waals surface area contributed by atoms with Crippen LogP contribution in [0.4, 0.5) is 0 Å². The lowest BCUT2D eigenvalue weighted by Crippen LogP contribution is -2.45. The zero-order chi connectivity index (χ0) is 11.2. The molecule has 0 bridgehead atoms. The van der Waals surface area contributed by atoms with Crippen LogP contribution in [0.15, 0.2) is 4.99 Å². The van der Waals surface area contributed by atoms with Crippen molar-refractivity contribution in [3.8, 4) is 0 Å². The first-order valence-corrected chi connectivity index (χ1v) is 4.50. The van der Waals surface area contributed by atoms with Gasteiger partial charge in [-0.1, -0.05) is 0 Å². The van der Waals surface area contributed by atoms with E-state index in [4.69, 9.17) is 5.73 Å². The number of rotatable bonds is 3. The van der Waals surface area contributed by atoms with Crippen molar-refractivity contribution in [2.24, 2.45) is 10.7 Å². The third-order valence-corrected chi connectivity index (χ3v) is 1.33. The van der Waals surface area contributed by atoms with Gasteiger partial charge in [0.2, 0.25) is 0 Å². The monoisotopic (exact) mass is 329 g/mol. The molecular weight excluding hydrogens is 309 g/mol. The topological polar surface area (TPSA) is 76.7 Å². The number of nitrogens with one attached hydrogen (secondary N) is 1. The van der Waals surface area contributed by atoms with Gasteiger partial charge in [-0.2, -0.15) is 0 Å². The van der Waals surface area contributed by atoms with Crippen molar-refractivity contribution in [1.29, 1.82) is 0 Å². The normalized spacial score (nSPS) is 11.6. The molecule has 90 valence electrons. The molecule has 15 heavy (non-hydrogen) atoms. The highest BCUT2D eigenvalue weighted by atomic mass is 127. The molecular formula is C9H20IN3O2. The molecule has 0 heterocycles. The fourth-order valence-electron chi connectivity index (χ4n) is 0.793. The fraction of sp³-hybridized carbons (Fsp3) is 0.778. The van der Waals surface area contributed by atoms with Crippen LogP contribution < -0.4 is 11.1 Å². The van der Waals surface area contributed by atoms with Gasteiger partial charge in [0.15, 0.2) is 5.96 Å². The van der Waals surface area contributed by atoms with Crippen molar-refractivity contribution < 1.29 is 9.53 Å². The lowest BCUT2D eigenvalue weighted by molar-refractivity contribution is -0.140. The van der Waals surface area contributed by atoms with Gasteiger partial charge in [-0.3, -0.25) is 9.79 Å². The van der Waals surface area contributed by atoms with E-state index in [2.05, 4.69) is 15.0 Å². The van der Waals surface area contributed by atoms with E-state index in [0.717, 1.165) is 0 Å².